The Balaban J connectivity index is 1.14. The molecule has 0 aliphatic carbocycles. The van der Waals surface area contributed by atoms with E-state index in [4.69, 9.17) is 0 Å². The van der Waals surface area contributed by atoms with Crippen LogP contribution in [0.2, 0.25) is 0 Å². The number of para-hydroxylation sites is 4. The minimum Gasteiger partial charge on any atom is -0.310 e. The molecular formula is C68H45F3N2. The fourth-order valence-electron chi connectivity index (χ4n) is 11.0. The van der Waals surface area contributed by atoms with Gasteiger partial charge in [0.25, 0.3) is 0 Å². The maximum Gasteiger partial charge on any atom is 0.416 e. The third-order valence-corrected chi connectivity index (χ3v) is 14.4. The predicted molar refractivity (Wildman–Crippen MR) is 301 cm³/mol. The van der Waals surface area contributed by atoms with Gasteiger partial charge >= 0.3 is 6.18 Å². The zero-order valence-corrected chi connectivity index (χ0v) is 39.8. The van der Waals surface area contributed by atoms with Gasteiger partial charge in [-0.15, -0.1) is 0 Å². The van der Waals surface area contributed by atoms with E-state index >= 15 is 0 Å². The van der Waals surface area contributed by atoms with Crippen LogP contribution in [-0.2, 0) is 6.18 Å². The van der Waals surface area contributed by atoms with Gasteiger partial charge in [-0.3, -0.25) is 0 Å². The van der Waals surface area contributed by atoms with E-state index in [0.29, 0.717) is 11.1 Å². The van der Waals surface area contributed by atoms with Crippen LogP contribution in [-0.4, -0.2) is 0 Å². The van der Waals surface area contributed by atoms with Crippen molar-refractivity contribution in [2.45, 2.75) is 13.1 Å². The Morgan fingerprint density at radius 2 is 0.575 bits per heavy atom. The van der Waals surface area contributed by atoms with E-state index in [2.05, 4.69) is 217 Å². The summed E-state index contributed by atoms with van der Waals surface area (Å²) in [7, 11) is 0. The fraction of sp³-hybridized carbons (Fsp3) is 0.0294. The minimum atomic E-state index is -4.48. The topological polar surface area (TPSA) is 6.48 Å². The Labute approximate surface area is 421 Å². The van der Waals surface area contributed by atoms with Crippen LogP contribution >= 0.6 is 0 Å². The van der Waals surface area contributed by atoms with Crippen LogP contribution in [0.1, 0.15) is 11.1 Å². The van der Waals surface area contributed by atoms with E-state index in [0.717, 1.165) is 116 Å². The van der Waals surface area contributed by atoms with Gasteiger partial charge in [-0.2, -0.15) is 13.2 Å². The van der Waals surface area contributed by atoms with Gasteiger partial charge in [0.05, 0.1) is 5.56 Å². The molecule has 13 aromatic rings. The van der Waals surface area contributed by atoms with Gasteiger partial charge in [-0.1, -0.05) is 151 Å². The first-order valence-corrected chi connectivity index (χ1v) is 24.6. The number of aryl methyl sites for hydroxylation is 1. The van der Waals surface area contributed by atoms with Gasteiger partial charge in [0.1, 0.15) is 0 Å². The maximum absolute atomic E-state index is 14.2. The average Bonchev–Trinajstić information content (AvgIpc) is 3.43. The molecule has 2 nitrogen and oxygen atoms in total. The van der Waals surface area contributed by atoms with Gasteiger partial charge in [0, 0.05) is 34.1 Å². The van der Waals surface area contributed by atoms with Crippen LogP contribution in [0.5, 0.6) is 0 Å². The van der Waals surface area contributed by atoms with Crippen LogP contribution in [0.4, 0.5) is 47.3 Å². The number of fused-ring (bicyclic) bond motifs is 12. The lowest BCUT2D eigenvalue weighted by atomic mass is 9.86. The van der Waals surface area contributed by atoms with E-state index in [-0.39, 0.29) is 0 Å². The summed E-state index contributed by atoms with van der Waals surface area (Å²) in [5, 5.41) is 12.9. The van der Waals surface area contributed by atoms with Gasteiger partial charge in [0.2, 0.25) is 0 Å². The van der Waals surface area contributed by atoms with E-state index in [1.165, 1.54) is 17.7 Å². The first kappa shape index (κ1) is 43.8. The summed E-state index contributed by atoms with van der Waals surface area (Å²) >= 11 is 0. The molecule has 0 aliphatic heterocycles. The number of anilines is 6. The van der Waals surface area contributed by atoms with Gasteiger partial charge < -0.3 is 9.80 Å². The molecule has 0 heterocycles. The lowest BCUT2D eigenvalue weighted by Gasteiger charge is -2.26. The summed E-state index contributed by atoms with van der Waals surface area (Å²) in [5.41, 5.74) is 10.2. The second-order valence-corrected chi connectivity index (χ2v) is 18.9. The molecule has 0 fully saturated rings. The molecule has 13 aromatic carbocycles. The van der Waals surface area contributed by atoms with E-state index in [1.807, 2.05) is 30.3 Å². The number of hydrogen-bond acceptors (Lipinski definition) is 2. The second kappa shape index (κ2) is 17.6. The van der Waals surface area contributed by atoms with Crippen molar-refractivity contribution in [3.05, 3.63) is 266 Å². The Morgan fingerprint density at radius 3 is 0.973 bits per heavy atom. The van der Waals surface area contributed by atoms with Crippen molar-refractivity contribution in [3.8, 4) is 22.3 Å². The molecule has 13 rings (SSSR count). The predicted octanol–water partition coefficient (Wildman–Crippen LogP) is 20.2. The number of benzene rings is 13. The monoisotopic (exact) mass is 946 g/mol. The number of nitrogens with zero attached hydrogens (tertiary/aromatic N) is 2. The molecule has 0 spiro atoms. The molecule has 0 aliphatic rings. The quantitative estimate of drug-likeness (QED) is 0.111. The molecule has 0 radical (unpaired) electrons. The molecule has 0 aromatic heterocycles. The third-order valence-electron chi connectivity index (χ3n) is 14.4. The fourth-order valence-corrected chi connectivity index (χ4v) is 11.0. The largest absolute Gasteiger partial charge is 0.416 e. The smallest absolute Gasteiger partial charge is 0.310 e. The van der Waals surface area contributed by atoms with Crippen LogP contribution < -0.4 is 9.80 Å². The number of halogens is 3. The standard InChI is InChI=1S/C68H45F3N2/c1-44-16-14-17-45(36-44)47-28-32-56-60(38-47)66-42-65-59-35-31-55(73(52-24-10-4-11-25-52)53-26-12-5-13-27-53)41-63(59)57-33-29-48(46-18-15-19-49(37-46)68(69,70)71)39-61(57)67(65)43-64(66)58-34-30-54(40-62(56)58)72(50-20-6-2-7-21-50)51-22-8-3-9-23-51/h2-43H,1H3. The lowest BCUT2D eigenvalue weighted by Crippen LogP contribution is -2.09. The normalized spacial score (nSPS) is 11.8. The van der Waals surface area contributed by atoms with Gasteiger partial charge in [0.15, 0.2) is 0 Å². The summed E-state index contributed by atoms with van der Waals surface area (Å²) in [6, 6.07) is 87.2. The molecule has 0 atom stereocenters. The minimum absolute atomic E-state index is 0.507. The Bertz CT molecular complexity index is 4170. The Morgan fingerprint density at radius 1 is 0.247 bits per heavy atom. The molecule has 0 N–H and O–H groups in total. The molecule has 0 unspecified atom stereocenters. The lowest BCUT2D eigenvalue weighted by molar-refractivity contribution is -0.137. The summed E-state index contributed by atoms with van der Waals surface area (Å²) in [4.78, 5) is 4.57. The molecule has 0 saturated heterocycles. The molecular weight excluding hydrogens is 902 g/mol. The molecule has 0 saturated carbocycles. The van der Waals surface area contributed by atoms with Crippen LogP contribution in [0.3, 0.4) is 0 Å². The number of alkyl halides is 3. The highest BCUT2D eigenvalue weighted by Gasteiger charge is 2.30. The number of rotatable bonds is 8. The molecule has 0 bridgehead atoms. The second-order valence-electron chi connectivity index (χ2n) is 18.9. The van der Waals surface area contributed by atoms with Crippen molar-refractivity contribution >= 4 is 98.8 Å². The molecule has 5 heteroatoms. The van der Waals surface area contributed by atoms with Crippen LogP contribution in [0.15, 0.2) is 255 Å². The number of hydrogen-bond donors (Lipinski definition) is 0. The van der Waals surface area contributed by atoms with Crippen molar-refractivity contribution in [2.75, 3.05) is 9.80 Å². The van der Waals surface area contributed by atoms with Crippen molar-refractivity contribution in [3.63, 3.8) is 0 Å². The highest BCUT2D eigenvalue weighted by atomic mass is 19.4. The zero-order chi connectivity index (χ0) is 49.2. The molecule has 0 amide bonds. The Kier molecular flexibility index (Phi) is 10.6. The zero-order valence-electron chi connectivity index (χ0n) is 39.8. The van der Waals surface area contributed by atoms with E-state index < -0.39 is 11.7 Å². The van der Waals surface area contributed by atoms with E-state index in [9.17, 15) is 13.2 Å². The summed E-state index contributed by atoms with van der Waals surface area (Å²) < 4.78 is 42.7. The van der Waals surface area contributed by atoms with Gasteiger partial charge in [-0.05, 0) is 203 Å². The summed E-state index contributed by atoms with van der Waals surface area (Å²) in [6.07, 6.45) is -4.48. The van der Waals surface area contributed by atoms with Crippen LogP contribution in [0, 0.1) is 6.92 Å². The summed E-state index contributed by atoms with van der Waals surface area (Å²) in [6.45, 7) is 2.13. The highest BCUT2D eigenvalue weighted by Crippen LogP contribution is 2.47. The average molecular weight is 947 g/mol. The van der Waals surface area contributed by atoms with Crippen molar-refractivity contribution in [2.24, 2.45) is 0 Å². The Hall–Kier alpha value is -9.19. The van der Waals surface area contributed by atoms with Gasteiger partial charge in [-0.25, -0.2) is 0 Å². The SMILES string of the molecule is Cc1cccc(-c2ccc3c(c2)c2cc4c5ccc(N(c6ccccc6)c6ccccc6)cc5c5ccc(-c6cccc(C(F)(F)F)c6)cc5c4cc2c2ccc(N(c4ccccc4)c4ccccc4)cc32)c1. The third kappa shape index (κ3) is 7.78. The summed E-state index contributed by atoms with van der Waals surface area (Å²) in [5.74, 6) is 0. The maximum atomic E-state index is 14.2. The molecule has 348 valence electrons. The van der Waals surface area contributed by atoms with Crippen molar-refractivity contribution < 1.29 is 13.2 Å². The first-order valence-electron chi connectivity index (χ1n) is 24.6. The first-order chi connectivity index (χ1) is 35.7. The highest BCUT2D eigenvalue weighted by molar-refractivity contribution is 6.33. The van der Waals surface area contributed by atoms with E-state index in [1.54, 1.807) is 6.07 Å². The van der Waals surface area contributed by atoms with Crippen molar-refractivity contribution in [1.82, 2.24) is 0 Å². The van der Waals surface area contributed by atoms with Crippen molar-refractivity contribution in [1.29, 1.82) is 0 Å². The van der Waals surface area contributed by atoms with Crippen LogP contribution in [0.25, 0.3) is 86.9 Å². The molecule has 73 heavy (non-hydrogen) atoms.